The maximum Gasteiger partial charge on any atom is 0.325 e. The fraction of sp³-hybridized carbons (Fsp3) is 0.312. The summed E-state index contributed by atoms with van der Waals surface area (Å²) in [7, 11) is 1.64. The molecule has 3 heterocycles. The summed E-state index contributed by atoms with van der Waals surface area (Å²) < 4.78 is 0. The first kappa shape index (κ1) is 14.6. The molecule has 3 aliphatic rings. The van der Waals surface area contributed by atoms with E-state index in [2.05, 4.69) is 10.3 Å². The number of allylic oxidation sites excluding steroid dienone is 2. The molecule has 8 nitrogen and oxygen atoms in total. The molecular formula is C16H18N6O2. The second kappa shape index (κ2) is 4.73. The van der Waals surface area contributed by atoms with Gasteiger partial charge < -0.3 is 10.6 Å². The number of anilines is 2. The summed E-state index contributed by atoms with van der Waals surface area (Å²) in [5, 5.41) is 2.38. The van der Waals surface area contributed by atoms with E-state index < -0.39 is 18.2 Å². The number of benzene rings is 1. The van der Waals surface area contributed by atoms with Gasteiger partial charge in [0.05, 0.1) is 11.4 Å². The minimum Gasteiger partial charge on any atom is -0.397 e. The Kier molecular flexibility index (Phi) is 2.87. The van der Waals surface area contributed by atoms with Crippen molar-refractivity contribution in [1.82, 2.24) is 15.1 Å². The van der Waals surface area contributed by atoms with E-state index in [9.17, 15) is 9.59 Å². The number of nitrogens with one attached hydrogen (secondary N) is 1. The van der Waals surface area contributed by atoms with Gasteiger partial charge in [-0.15, -0.1) is 0 Å². The number of carbonyl (C=O) groups is 2. The van der Waals surface area contributed by atoms with E-state index in [0.29, 0.717) is 11.6 Å². The number of nitrogens with two attached hydrogens (primary N) is 1. The van der Waals surface area contributed by atoms with Crippen molar-refractivity contribution in [2.75, 3.05) is 17.7 Å². The van der Waals surface area contributed by atoms with Crippen LogP contribution < -0.4 is 16.0 Å². The zero-order chi connectivity index (χ0) is 17.2. The Bertz CT molecular complexity index is 830. The third kappa shape index (κ3) is 1.70. The number of rotatable bonds is 1. The van der Waals surface area contributed by atoms with E-state index in [4.69, 9.17) is 5.73 Å². The number of urea groups is 1. The SMILES string of the molecule is CC1=C(C)N2C(=NC3C2C(=O)NC(=O)N3C)N1c1ccccc1N. The topological polar surface area (TPSA) is 94.3 Å². The van der Waals surface area contributed by atoms with Crippen molar-refractivity contribution in [3.8, 4) is 0 Å². The van der Waals surface area contributed by atoms with Crippen molar-refractivity contribution in [3.05, 3.63) is 35.7 Å². The number of aliphatic imine (C=N–C) groups is 1. The van der Waals surface area contributed by atoms with Crippen LogP contribution in [0.2, 0.25) is 0 Å². The smallest absolute Gasteiger partial charge is 0.325 e. The predicted octanol–water partition coefficient (Wildman–Crippen LogP) is 0.888. The van der Waals surface area contributed by atoms with E-state index >= 15 is 0 Å². The van der Waals surface area contributed by atoms with Gasteiger partial charge in [-0.2, -0.15) is 0 Å². The number of carbonyl (C=O) groups excluding carboxylic acids is 2. The van der Waals surface area contributed by atoms with E-state index in [1.807, 2.05) is 47.9 Å². The van der Waals surface area contributed by atoms with Gasteiger partial charge in [0.1, 0.15) is 0 Å². The van der Waals surface area contributed by atoms with E-state index in [-0.39, 0.29) is 5.91 Å². The monoisotopic (exact) mass is 326 g/mol. The molecule has 3 N–H and O–H groups in total. The van der Waals surface area contributed by atoms with Gasteiger partial charge in [-0.3, -0.25) is 19.9 Å². The summed E-state index contributed by atoms with van der Waals surface area (Å²) >= 11 is 0. The third-order valence-electron chi connectivity index (χ3n) is 4.84. The highest BCUT2D eigenvalue weighted by Crippen LogP contribution is 2.40. The van der Waals surface area contributed by atoms with Gasteiger partial charge in [0.25, 0.3) is 5.91 Å². The van der Waals surface area contributed by atoms with E-state index in [1.165, 1.54) is 4.90 Å². The van der Waals surface area contributed by atoms with Gasteiger partial charge in [0.2, 0.25) is 5.96 Å². The summed E-state index contributed by atoms with van der Waals surface area (Å²) in [6, 6.07) is 6.51. The quantitative estimate of drug-likeness (QED) is 0.748. The van der Waals surface area contributed by atoms with Crippen molar-refractivity contribution in [1.29, 1.82) is 0 Å². The van der Waals surface area contributed by atoms with Crippen LogP contribution in [0.4, 0.5) is 16.2 Å². The Morgan fingerprint density at radius 1 is 1.17 bits per heavy atom. The second-order valence-electron chi connectivity index (χ2n) is 6.13. The molecule has 2 atom stereocenters. The van der Waals surface area contributed by atoms with Crippen LogP contribution in [0, 0.1) is 0 Å². The molecule has 4 rings (SSSR count). The zero-order valence-corrected chi connectivity index (χ0v) is 13.6. The number of nitrogens with zero attached hydrogens (tertiary/aromatic N) is 4. The standard InChI is InChI=1S/C16H18N6O2/c1-8-9(2)22-12-13(20(3)16(24)19-14(12)23)18-15(22)21(8)11-7-5-4-6-10(11)17/h4-7,12-13H,17H2,1-3H3,(H,19,23,24). The Morgan fingerprint density at radius 3 is 2.58 bits per heavy atom. The molecule has 1 aromatic carbocycles. The lowest BCUT2D eigenvalue weighted by atomic mass is 10.1. The van der Waals surface area contributed by atoms with Crippen LogP contribution in [-0.2, 0) is 4.79 Å². The van der Waals surface area contributed by atoms with Crippen molar-refractivity contribution in [3.63, 3.8) is 0 Å². The molecule has 8 heteroatoms. The minimum atomic E-state index is -0.562. The van der Waals surface area contributed by atoms with Crippen molar-refractivity contribution < 1.29 is 9.59 Å². The van der Waals surface area contributed by atoms with Gasteiger partial charge >= 0.3 is 6.03 Å². The zero-order valence-electron chi connectivity index (χ0n) is 13.6. The van der Waals surface area contributed by atoms with Crippen LogP contribution in [0.1, 0.15) is 13.8 Å². The molecule has 1 aromatic rings. The largest absolute Gasteiger partial charge is 0.397 e. The molecule has 1 fully saturated rings. The molecule has 124 valence electrons. The molecule has 0 radical (unpaired) electrons. The fourth-order valence-electron chi connectivity index (χ4n) is 3.44. The van der Waals surface area contributed by atoms with Crippen molar-refractivity contribution >= 4 is 29.3 Å². The molecule has 0 aliphatic carbocycles. The number of fused-ring (bicyclic) bond motifs is 3. The number of guanidine groups is 1. The lowest BCUT2D eigenvalue weighted by Crippen LogP contribution is -2.63. The lowest BCUT2D eigenvalue weighted by Gasteiger charge is -2.35. The average molecular weight is 326 g/mol. The highest BCUT2D eigenvalue weighted by atomic mass is 16.2. The van der Waals surface area contributed by atoms with Gasteiger partial charge in [0, 0.05) is 18.4 Å². The number of para-hydroxylation sites is 2. The summed E-state index contributed by atoms with van der Waals surface area (Å²) in [4.78, 5) is 34.2. The maximum atomic E-state index is 12.4. The second-order valence-corrected chi connectivity index (χ2v) is 6.13. The minimum absolute atomic E-state index is 0.336. The molecule has 0 saturated carbocycles. The fourth-order valence-corrected chi connectivity index (χ4v) is 3.44. The molecule has 24 heavy (non-hydrogen) atoms. The van der Waals surface area contributed by atoms with Crippen LogP contribution >= 0.6 is 0 Å². The van der Waals surface area contributed by atoms with Gasteiger partial charge in [-0.1, -0.05) is 12.1 Å². The first-order valence-corrected chi connectivity index (χ1v) is 7.68. The number of nitrogen functional groups attached to an aromatic ring is 1. The molecule has 3 amide bonds. The first-order chi connectivity index (χ1) is 11.4. The van der Waals surface area contributed by atoms with Crippen LogP contribution in [0.25, 0.3) is 0 Å². The number of likely N-dealkylation sites (N-methyl/N-ethyl adjacent to an activating group) is 1. The molecule has 3 aliphatic heterocycles. The van der Waals surface area contributed by atoms with Crippen LogP contribution in [0.5, 0.6) is 0 Å². The van der Waals surface area contributed by atoms with E-state index in [0.717, 1.165) is 17.1 Å². The van der Waals surface area contributed by atoms with Crippen molar-refractivity contribution in [2.45, 2.75) is 26.1 Å². The first-order valence-electron chi connectivity index (χ1n) is 7.68. The maximum absolute atomic E-state index is 12.4. The molecule has 0 bridgehead atoms. The molecule has 0 spiro atoms. The predicted molar refractivity (Wildman–Crippen MR) is 89.9 cm³/mol. The average Bonchev–Trinajstić information content (AvgIpc) is 3.04. The summed E-state index contributed by atoms with van der Waals surface area (Å²) in [5.41, 5.74) is 9.44. The summed E-state index contributed by atoms with van der Waals surface area (Å²) in [6.07, 6.45) is -0.545. The van der Waals surface area contributed by atoms with Gasteiger partial charge in [-0.25, -0.2) is 9.79 Å². The van der Waals surface area contributed by atoms with Gasteiger partial charge in [0.15, 0.2) is 12.2 Å². The molecule has 2 unspecified atom stereocenters. The number of amides is 3. The molecule has 0 aromatic heterocycles. The Labute approximate surface area is 139 Å². The van der Waals surface area contributed by atoms with E-state index in [1.54, 1.807) is 7.05 Å². The number of imide groups is 1. The highest BCUT2D eigenvalue weighted by molar-refractivity contribution is 6.11. The lowest BCUT2D eigenvalue weighted by molar-refractivity contribution is -0.126. The Balaban J connectivity index is 1.84. The van der Waals surface area contributed by atoms with Gasteiger partial charge in [-0.05, 0) is 26.0 Å². The van der Waals surface area contributed by atoms with Crippen molar-refractivity contribution in [2.24, 2.45) is 4.99 Å². The van der Waals surface area contributed by atoms with Crippen LogP contribution in [0.15, 0.2) is 40.7 Å². The Hall–Kier alpha value is -3.03. The highest BCUT2D eigenvalue weighted by Gasteiger charge is 2.53. The molecule has 1 saturated heterocycles. The summed E-state index contributed by atoms with van der Waals surface area (Å²) in [5.74, 6) is 0.284. The molecular weight excluding hydrogens is 308 g/mol. The Morgan fingerprint density at radius 2 is 1.88 bits per heavy atom. The number of hydrogen-bond donors (Lipinski definition) is 2. The van der Waals surface area contributed by atoms with Crippen LogP contribution in [-0.4, -0.2) is 47.0 Å². The number of hydrogen-bond acceptors (Lipinski definition) is 6. The third-order valence-corrected chi connectivity index (χ3v) is 4.84. The van der Waals surface area contributed by atoms with Crippen LogP contribution in [0.3, 0.4) is 0 Å². The normalized spacial score (nSPS) is 25.8. The summed E-state index contributed by atoms with van der Waals surface area (Å²) in [6.45, 7) is 3.91.